The van der Waals surface area contributed by atoms with E-state index in [1.807, 2.05) is 30.3 Å². The molecule has 1 aliphatic heterocycles. The molecular weight excluding hydrogens is 248 g/mol. The fourth-order valence-corrected chi connectivity index (χ4v) is 2.39. The highest BCUT2D eigenvalue weighted by Gasteiger charge is 2.49. The molecule has 102 valence electrons. The van der Waals surface area contributed by atoms with Gasteiger partial charge in [0.15, 0.2) is 0 Å². The van der Waals surface area contributed by atoms with E-state index >= 15 is 0 Å². The second-order valence-corrected chi connectivity index (χ2v) is 4.91. The van der Waals surface area contributed by atoms with E-state index in [4.69, 9.17) is 10.8 Å². The van der Waals surface area contributed by atoms with E-state index in [0.29, 0.717) is 6.54 Å². The number of benzene rings is 1. The Morgan fingerprint density at radius 1 is 1.32 bits per heavy atom. The number of rotatable bonds is 4. The van der Waals surface area contributed by atoms with Gasteiger partial charge in [-0.3, -0.25) is 14.5 Å². The van der Waals surface area contributed by atoms with Crippen molar-refractivity contribution < 1.29 is 19.8 Å². The highest BCUT2D eigenvalue weighted by molar-refractivity contribution is 5.83. The molecule has 1 aromatic carbocycles. The van der Waals surface area contributed by atoms with Gasteiger partial charge in [0.25, 0.3) is 0 Å². The van der Waals surface area contributed by atoms with Gasteiger partial charge in [0.2, 0.25) is 0 Å². The number of nitrogens with zero attached hydrogens (tertiary/aromatic N) is 1. The van der Waals surface area contributed by atoms with E-state index in [1.165, 1.54) is 0 Å². The van der Waals surface area contributed by atoms with Gasteiger partial charge in [0.05, 0.1) is 0 Å². The molecule has 4 N–H and O–H groups in total. The van der Waals surface area contributed by atoms with Gasteiger partial charge in [0.1, 0.15) is 11.6 Å². The number of carboxylic acid groups (broad SMARTS) is 2. The Hall–Kier alpha value is -1.92. The van der Waals surface area contributed by atoms with Crippen molar-refractivity contribution in [3.05, 3.63) is 35.9 Å². The second kappa shape index (κ2) is 4.99. The summed E-state index contributed by atoms with van der Waals surface area (Å²) < 4.78 is 0. The molecule has 0 spiro atoms. The van der Waals surface area contributed by atoms with Crippen molar-refractivity contribution in [3.8, 4) is 0 Å². The molecule has 0 radical (unpaired) electrons. The van der Waals surface area contributed by atoms with E-state index in [-0.39, 0.29) is 13.0 Å². The third kappa shape index (κ3) is 2.74. The lowest BCUT2D eigenvalue weighted by molar-refractivity contribution is -0.142. The smallest absolute Gasteiger partial charge is 0.325 e. The predicted molar refractivity (Wildman–Crippen MR) is 67.4 cm³/mol. The van der Waals surface area contributed by atoms with Crippen LogP contribution in [0.5, 0.6) is 0 Å². The summed E-state index contributed by atoms with van der Waals surface area (Å²) in [5.74, 6) is -2.20. The van der Waals surface area contributed by atoms with Crippen molar-refractivity contribution in [2.45, 2.75) is 24.5 Å². The first-order valence-corrected chi connectivity index (χ1v) is 5.95. The lowest BCUT2D eigenvalue weighted by Gasteiger charge is -2.21. The fourth-order valence-electron chi connectivity index (χ4n) is 2.39. The number of nitrogens with two attached hydrogens (primary N) is 1. The minimum atomic E-state index is -1.49. The Bertz CT molecular complexity index is 491. The summed E-state index contributed by atoms with van der Waals surface area (Å²) in [5, 5.41) is 18.3. The van der Waals surface area contributed by atoms with E-state index in [1.54, 1.807) is 4.90 Å². The van der Waals surface area contributed by atoms with Crippen LogP contribution >= 0.6 is 0 Å². The largest absolute Gasteiger partial charge is 0.480 e. The zero-order valence-corrected chi connectivity index (χ0v) is 10.3. The number of aliphatic carboxylic acids is 2. The Morgan fingerprint density at radius 2 is 1.95 bits per heavy atom. The lowest BCUT2D eigenvalue weighted by Crippen LogP contribution is -2.50. The Labute approximate surface area is 110 Å². The monoisotopic (exact) mass is 264 g/mol. The molecular formula is C13H16N2O4. The van der Waals surface area contributed by atoms with E-state index in [9.17, 15) is 14.7 Å². The van der Waals surface area contributed by atoms with Crippen molar-refractivity contribution in [2.24, 2.45) is 5.73 Å². The van der Waals surface area contributed by atoms with Gasteiger partial charge in [-0.15, -0.1) is 0 Å². The second-order valence-electron chi connectivity index (χ2n) is 4.91. The average molecular weight is 264 g/mol. The molecule has 1 fully saturated rings. The molecule has 0 aromatic heterocycles. The molecule has 0 aliphatic carbocycles. The van der Waals surface area contributed by atoms with Crippen LogP contribution in [0.4, 0.5) is 0 Å². The van der Waals surface area contributed by atoms with Crippen molar-refractivity contribution >= 4 is 11.9 Å². The van der Waals surface area contributed by atoms with Crippen LogP contribution < -0.4 is 5.73 Å². The molecule has 0 saturated carbocycles. The first kappa shape index (κ1) is 13.5. The summed E-state index contributed by atoms with van der Waals surface area (Å²) in [7, 11) is 0. The van der Waals surface area contributed by atoms with Crippen LogP contribution in [-0.4, -0.2) is 45.2 Å². The van der Waals surface area contributed by atoms with E-state index in [0.717, 1.165) is 5.56 Å². The zero-order chi connectivity index (χ0) is 14.0. The molecule has 6 nitrogen and oxygen atoms in total. The van der Waals surface area contributed by atoms with Gasteiger partial charge in [-0.2, -0.15) is 0 Å². The average Bonchev–Trinajstić information content (AvgIpc) is 2.69. The van der Waals surface area contributed by atoms with Gasteiger partial charge in [-0.25, -0.2) is 0 Å². The normalized spacial score (nSPS) is 27.3. The van der Waals surface area contributed by atoms with Crippen LogP contribution in [0.25, 0.3) is 0 Å². The van der Waals surface area contributed by atoms with Gasteiger partial charge in [-0.05, 0) is 5.56 Å². The van der Waals surface area contributed by atoms with Crippen molar-refractivity contribution in [3.63, 3.8) is 0 Å². The first-order valence-electron chi connectivity index (χ1n) is 5.95. The zero-order valence-electron chi connectivity index (χ0n) is 10.3. The third-order valence-electron chi connectivity index (χ3n) is 3.42. The summed E-state index contributed by atoms with van der Waals surface area (Å²) in [5.41, 5.74) is 5.22. The molecule has 1 aromatic rings. The highest BCUT2D eigenvalue weighted by atomic mass is 16.4. The van der Waals surface area contributed by atoms with Crippen LogP contribution in [0, 0.1) is 0 Å². The quantitative estimate of drug-likeness (QED) is 0.714. The molecule has 0 bridgehead atoms. The van der Waals surface area contributed by atoms with Gasteiger partial charge in [0, 0.05) is 19.5 Å². The maximum absolute atomic E-state index is 11.2. The van der Waals surface area contributed by atoms with Crippen molar-refractivity contribution in [1.29, 1.82) is 0 Å². The molecule has 1 heterocycles. The molecule has 0 unspecified atom stereocenters. The third-order valence-corrected chi connectivity index (χ3v) is 3.42. The molecule has 2 rings (SSSR count). The SMILES string of the molecule is N[C@]1(C(=O)O)C[C@@H](C(=O)O)N(Cc2ccccc2)C1. The number of hydrogen-bond acceptors (Lipinski definition) is 4. The molecule has 1 saturated heterocycles. The summed E-state index contributed by atoms with van der Waals surface area (Å²) in [6.07, 6.45) is -0.0789. The first-order chi connectivity index (χ1) is 8.92. The Balaban J connectivity index is 2.18. The van der Waals surface area contributed by atoms with Gasteiger partial charge >= 0.3 is 11.9 Å². The highest BCUT2D eigenvalue weighted by Crippen LogP contribution is 2.27. The molecule has 19 heavy (non-hydrogen) atoms. The van der Waals surface area contributed by atoms with Gasteiger partial charge in [-0.1, -0.05) is 30.3 Å². The number of likely N-dealkylation sites (tertiary alicyclic amines) is 1. The van der Waals surface area contributed by atoms with Crippen LogP contribution in [0.2, 0.25) is 0 Å². The summed E-state index contributed by atoms with van der Waals surface area (Å²) in [6, 6.07) is 8.46. The predicted octanol–water partition coefficient (Wildman–Crippen LogP) is 0.128. The molecule has 6 heteroatoms. The summed E-state index contributed by atoms with van der Waals surface area (Å²) >= 11 is 0. The molecule has 2 atom stereocenters. The molecule has 0 amide bonds. The van der Waals surface area contributed by atoms with Crippen LogP contribution in [-0.2, 0) is 16.1 Å². The number of carbonyl (C=O) groups is 2. The topological polar surface area (TPSA) is 104 Å². The van der Waals surface area contributed by atoms with Crippen LogP contribution in [0.1, 0.15) is 12.0 Å². The van der Waals surface area contributed by atoms with E-state index < -0.39 is 23.5 Å². The fraction of sp³-hybridized carbons (Fsp3) is 0.385. The van der Waals surface area contributed by atoms with Gasteiger partial charge < -0.3 is 15.9 Å². The van der Waals surface area contributed by atoms with Crippen LogP contribution in [0.15, 0.2) is 30.3 Å². The standard InChI is InChI=1S/C13H16N2O4/c14-13(12(18)19)6-10(11(16)17)15(8-13)7-9-4-2-1-3-5-9/h1-5,10H,6-8,14H2,(H,16,17)(H,18,19)/t10-,13+/m0/s1. The van der Waals surface area contributed by atoms with Crippen molar-refractivity contribution in [1.82, 2.24) is 4.90 Å². The lowest BCUT2D eigenvalue weighted by atomic mass is 9.98. The van der Waals surface area contributed by atoms with Crippen LogP contribution in [0.3, 0.4) is 0 Å². The Morgan fingerprint density at radius 3 is 2.47 bits per heavy atom. The van der Waals surface area contributed by atoms with E-state index in [2.05, 4.69) is 0 Å². The maximum atomic E-state index is 11.2. The summed E-state index contributed by atoms with van der Waals surface area (Å²) in [6.45, 7) is 0.415. The minimum absolute atomic E-state index is 0.0359. The molecule has 1 aliphatic rings. The Kier molecular flexibility index (Phi) is 3.55. The minimum Gasteiger partial charge on any atom is -0.480 e. The number of hydrogen-bond donors (Lipinski definition) is 3. The van der Waals surface area contributed by atoms with Crippen molar-refractivity contribution in [2.75, 3.05) is 6.54 Å². The maximum Gasteiger partial charge on any atom is 0.325 e. The summed E-state index contributed by atoms with van der Waals surface area (Å²) in [4.78, 5) is 24.0. The number of carboxylic acids is 2.